The average molecular weight is 156 g/mol. The van der Waals surface area contributed by atoms with E-state index in [2.05, 4.69) is 13.8 Å². The normalized spacial score (nSPS) is 59.2. The summed E-state index contributed by atoms with van der Waals surface area (Å²) in [7, 11) is 0. The van der Waals surface area contributed by atoms with E-state index in [1.165, 1.54) is 0 Å². The van der Waals surface area contributed by atoms with Gasteiger partial charge in [0.25, 0.3) is 0 Å². The van der Waals surface area contributed by atoms with Crippen molar-refractivity contribution >= 4 is 0 Å². The van der Waals surface area contributed by atoms with Gasteiger partial charge < -0.3 is 10.2 Å². The van der Waals surface area contributed by atoms with Crippen molar-refractivity contribution < 1.29 is 10.2 Å². The minimum Gasteiger partial charge on any atom is -0.390 e. The topological polar surface area (TPSA) is 40.5 Å². The molecule has 11 heavy (non-hydrogen) atoms. The molecule has 0 aromatic rings. The molecule has 64 valence electrons. The highest BCUT2D eigenvalue weighted by Gasteiger charge is 2.69. The molecule has 3 fully saturated rings. The fourth-order valence-electron chi connectivity index (χ4n) is 3.10. The van der Waals surface area contributed by atoms with Gasteiger partial charge in [0, 0.05) is 0 Å². The molecule has 3 rings (SSSR count). The zero-order chi connectivity index (χ0) is 8.44. The third kappa shape index (κ3) is 0.611. The first-order valence-electron chi connectivity index (χ1n) is 4.29. The molecule has 0 aromatic heterocycles. The fraction of sp³-hybridized carbons (Fsp3) is 1.00. The zero-order valence-electron chi connectivity index (χ0n) is 7.33. The summed E-state index contributed by atoms with van der Waals surface area (Å²) in [6.45, 7) is 6.03. The molecule has 3 aliphatic rings. The lowest BCUT2D eigenvalue weighted by atomic mass is 9.59. The Kier molecular flexibility index (Phi) is 1.13. The predicted molar refractivity (Wildman–Crippen MR) is 42.0 cm³/mol. The van der Waals surface area contributed by atoms with E-state index in [0.29, 0.717) is 11.8 Å². The first-order chi connectivity index (χ1) is 4.88. The summed E-state index contributed by atoms with van der Waals surface area (Å²) in [4.78, 5) is 0. The third-order valence-electron chi connectivity index (χ3n) is 4.03. The first kappa shape index (κ1) is 7.56. The highest BCUT2D eigenvalue weighted by Crippen LogP contribution is 2.65. The second-order valence-corrected chi connectivity index (χ2v) is 4.89. The quantitative estimate of drug-likeness (QED) is 0.544. The number of hydrogen-bond donors (Lipinski definition) is 2. The summed E-state index contributed by atoms with van der Waals surface area (Å²) in [6, 6.07) is 0. The molecular formula is C9H16O2. The maximum absolute atomic E-state index is 9.86. The van der Waals surface area contributed by atoms with Crippen molar-refractivity contribution in [2.24, 2.45) is 17.3 Å². The number of hydrogen-bond acceptors (Lipinski definition) is 2. The Morgan fingerprint density at radius 2 is 1.82 bits per heavy atom. The fourth-order valence-corrected chi connectivity index (χ4v) is 3.10. The number of fused-ring (bicyclic) bond motifs is 1. The molecule has 3 aliphatic carbocycles. The lowest BCUT2D eigenvalue weighted by Crippen LogP contribution is -2.42. The van der Waals surface area contributed by atoms with Crippen molar-refractivity contribution in [2.75, 3.05) is 0 Å². The lowest BCUT2D eigenvalue weighted by Gasteiger charge is -2.45. The molecule has 2 nitrogen and oxygen atoms in total. The van der Waals surface area contributed by atoms with E-state index >= 15 is 0 Å². The summed E-state index contributed by atoms with van der Waals surface area (Å²) in [5, 5.41) is 19.5. The maximum atomic E-state index is 9.86. The molecule has 4 atom stereocenters. The number of rotatable bonds is 0. The van der Waals surface area contributed by atoms with E-state index in [4.69, 9.17) is 0 Å². The molecule has 0 aliphatic heterocycles. The van der Waals surface area contributed by atoms with Crippen LogP contribution in [0.5, 0.6) is 0 Å². The van der Waals surface area contributed by atoms with Crippen LogP contribution < -0.4 is 0 Å². The third-order valence-corrected chi connectivity index (χ3v) is 4.03. The monoisotopic (exact) mass is 156 g/mol. The van der Waals surface area contributed by atoms with Crippen LogP contribution >= 0.6 is 0 Å². The van der Waals surface area contributed by atoms with E-state index in [-0.39, 0.29) is 5.41 Å². The SMILES string of the molecule is CC1(C)[C@H]2C[C@@H]1[C@](C)(O)[C@@H]2O. The van der Waals surface area contributed by atoms with E-state index in [1.54, 1.807) is 6.92 Å². The van der Waals surface area contributed by atoms with Crippen LogP contribution in [0.2, 0.25) is 0 Å². The van der Waals surface area contributed by atoms with Gasteiger partial charge in [0.1, 0.15) is 0 Å². The smallest absolute Gasteiger partial charge is 0.0913 e. The summed E-state index contributed by atoms with van der Waals surface area (Å²) in [5.74, 6) is 0.623. The Bertz CT molecular complexity index is 196. The molecule has 0 unspecified atom stereocenters. The summed E-state index contributed by atoms with van der Waals surface area (Å²) in [5.41, 5.74) is -0.670. The minimum absolute atomic E-state index is 0.156. The Morgan fingerprint density at radius 1 is 1.27 bits per heavy atom. The second kappa shape index (κ2) is 1.64. The highest BCUT2D eigenvalue weighted by atomic mass is 16.3. The minimum atomic E-state index is -0.825. The van der Waals surface area contributed by atoms with E-state index in [9.17, 15) is 10.2 Å². The molecule has 0 saturated heterocycles. The van der Waals surface area contributed by atoms with Crippen molar-refractivity contribution in [2.45, 2.75) is 38.9 Å². The van der Waals surface area contributed by atoms with E-state index < -0.39 is 11.7 Å². The first-order valence-corrected chi connectivity index (χ1v) is 4.29. The largest absolute Gasteiger partial charge is 0.390 e. The number of aliphatic hydroxyl groups excluding tert-OH is 1. The summed E-state index contributed by atoms with van der Waals surface area (Å²) in [6.07, 6.45) is 0.503. The van der Waals surface area contributed by atoms with Gasteiger partial charge in [-0.1, -0.05) is 13.8 Å². The van der Waals surface area contributed by atoms with Gasteiger partial charge in [0.15, 0.2) is 0 Å². The molecule has 3 saturated carbocycles. The molecule has 2 heteroatoms. The van der Waals surface area contributed by atoms with Crippen molar-refractivity contribution in [3.05, 3.63) is 0 Å². The molecule has 2 bridgehead atoms. The van der Waals surface area contributed by atoms with Crippen LogP contribution in [0, 0.1) is 17.3 Å². The van der Waals surface area contributed by atoms with E-state index in [0.717, 1.165) is 6.42 Å². The lowest BCUT2D eigenvalue weighted by molar-refractivity contribution is -0.0581. The predicted octanol–water partition coefficient (Wildman–Crippen LogP) is 0.774. The second-order valence-electron chi connectivity index (χ2n) is 4.89. The van der Waals surface area contributed by atoms with Crippen LogP contribution in [0.4, 0.5) is 0 Å². The van der Waals surface area contributed by atoms with Crippen LogP contribution in [0.1, 0.15) is 27.2 Å². The molecule has 0 amide bonds. The van der Waals surface area contributed by atoms with E-state index in [1.807, 2.05) is 0 Å². The van der Waals surface area contributed by atoms with Gasteiger partial charge in [-0.2, -0.15) is 0 Å². The van der Waals surface area contributed by atoms with Crippen molar-refractivity contribution in [3.8, 4) is 0 Å². The van der Waals surface area contributed by atoms with Crippen molar-refractivity contribution in [3.63, 3.8) is 0 Å². The van der Waals surface area contributed by atoms with Crippen molar-refractivity contribution in [1.82, 2.24) is 0 Å². The Labute approximate surface area is 67.2 Å². The molecule has 0 radical (unpaired) electrons. The molecule has 0 aromatic carbocycles. The molecular weight excluding hydrogens is 140 g/mol. The van der Waals surface area contributed by atoms with Crippen LogP contribution in [0.25, 0.3) is 0 Å². The van der Waals surface area contributed by atoms with Crippen LogP contribution in [-0.2, 0) is 0 Å². The average Bonchev–Trinajstić information content (AvgIpc) is 2.12. The Morgan fingerprint density at radius 3 is 1.91 bits per heavy atom. The number of aliphatic hydroxyl groups is 2. The Balaban J connectivity index is 2.35. The van der Waals surface area contributed by atoms with Gasteiger partial charge in [-0.25, -0.2) is 0 Å². The van der Waals surface area contributed by atoms with Gasteiger partial charge >= 0.3 is 0 Å². The maximum Gasteiger partial charge on any atom is 0.0913 e. The van der Waals surface area contributed by atoms with Gasteiger partial charge in [0.2, 0.25) is 0 Å². The molecule has 0 spiro atoms. The molecule has 0 heterocycles. The zero-order valence-corrected chi connectivity index (χ0v) is 7.33. The standard InChI is InChI=1S/C9H16O2/c1-8(2)5-4-6(8)9(3,11)7(5)10/h5-7,10-11H,4H2,1-3H3/t5-,6-,7+,9-/m0/s1. The summed E-state index contributed by atoms with van der Waals surface area (Å²) >= 11 is 0. The van der Waals surface area contributed by atoms with Crippen LogP contribution in [0.15, 0.2) is 0 Å². The van der Waals surface area contributed by atoms with Crippen molar-refractivity contribution in [1.29, 1.82) is 0 Å². The van der Waals surface area contributed by atoms with Crippen LogP contribution in [0.3, 0.4) is 0 Å². The van der Waals surface area contributed by atoms with Gasteiger partial charge in [-0.05, 0) is 30.6 Å². The molecule has 2 N–H and O–H groups in total. The summed E-state index contributed by atoms with van der Waals surface area (Å²) < 4.78 is 0. The van der Waals surface area contributed by atoms with Crippen LogP contribution in [-0.4, -0.2) is 21.9 Å². The highest BCUT2D eigenvalue weighted by molar-refractivity contribution is 5.18. The van der Waals surface area contributed by atoms with Gasteiger partial charge in [0.05, 0.1) is 11.7 Å². The van der Waals surface area contributed by atoms with Gasteiger partial charge in [-0.15, -0.1) is 0 Å². The van der Waals surface area contributed by atoms with Gasteiger partial charge in [-0.3, -0.25) is 0 Å². The Hall–Kier alpha value is -0.0800.